The lowest BCUT2D eigenvalue weighted by molar-refractivity contribution is -0.154. The summed E-state index contributed by atoms with van der Waals surface area (Å²) in [5, 5.41) is 14.6. The van der Waals surface area contributed by atoms with Gasteiger partial charge in [-0.3, -0.25) is 4.79 Å². The highest BCUT2D eigenvalue weighted by Gasteiger charge is 2.58. The van der Waals surface area contributed by atoms with Gasteiger partial charge in [0.25, 0.3) is 0 Å². The van der Waals surface area contributed by atoms with Crippen LogP contribution in [0.1, 0.15) is 123 Å². The molecule has 2 aromatic carbocycles. The number of hydrogen-bond donors (Lipinski definition) is 2. The van der Waals surface area contributed by atoms with Gasteiger partial charge in [-0.1, -0.05) is 130 Å². The van der Waals surface area contributed by atoms with E-state index in [0.29, 0.717) is 6.54 Å². The second-order valence-corrected chi connectivity index (χ2v) is 15.9. The van der Waals surface area contributed by atoms with Crippen molar-refractivity contribution < 1.29 is 14.7 Å². The molecule has 4 atom stereocenters. The highest BCUT2D eigenvalue weighted by molar-refractivity contribution is 5.87. The first-order valence-electron chi connectivity index (χ1n) is 16.0. The molecule has 42 heavy (non-hydrogen) atoms. The highest BCUT2D eigenvalue weighted by atomic mass is 16.4. The van der Waals surface area contributed by atoms with E-state index in [1.807, 2.05) is 18.2 Å². The molecule has 2 aromatic rings. The minimum Gasteiger partial charge on any atom is -0.480 e. The maximum absolute atomic E-state index is 14.3. The fraction of sp³-hybridized carbons (Fsp3) is 0.622. The SMILES string of the molecule is CC(C)(C)c1cc(CN[C@H]2[C@H](C(C)(C)C)[C@@H](C(=O)O)N(C(=O)C3CCCCC3)[C@H]2c2ccccc2)cc(C(C)(C)C)c1. The molecule has 0 unspecified atom stereocenters. The molecule has 0 aromatic heterocycles. The van der Waals surface area contributed by atoms with Crippen molar-refractivity contribution in [2.75, 3.05) is 0 Å². The van der Waals surface area contributed by atoms with Crippen LogP contribution in [0.4, 0.5) is 0 Å². The Kier molecular flexibility index (Phi) is 9.33. The van der Waals surface area contributed by atoms with E-state index in [1.165, 1.54) is 16.7 Å². The van der Waals surface area contributed by atoms with Crippen LogP contribution in [0.2, 0.25) is 0 Å². The largest absolute Gasteiger partial charge is 0.480 e. The molecule has 0 bridgehead atoms. The smallest absolute Gasteiger partial charge is 0.326 e. The van der Waals surface area contributed by atoms with E-state index in [2.05, 4.69) is 98.0 Å². The van der Waals surface area contributed by atoms with Gasteiger partial charge < -0.3 is 15.3 Å². The normalized spacial score (nSPS) is 24.2. The summed E-state index contributed by atoms with van der Waals surface area (Å²) in [4.78, 5) is 29.3. The van der Waals surface area contributed by atoms with Gasteiger partial charge >= 0.3 is 5.97 Å². The van der Waals surface area contributed by atoms with Crippen LogP contribution in [0.15, 0.2) is 48.5 Å². The van der Waals surface area contributed by atoms with Gasteiger partial charge in [-0.2, -0.15) is 0 Å². The number of carboxylic acids is 1. The fourth-order valence-electron chi connectivity index (χ4n) is 7.18. The van der Waals surface area contributed by atoms with Crippen LogP contribution in [0.25, 0.3) is 0 Å². The summed E-state index contributed by atoms with van der Waals surface area (Å²) < 4.78 is 0. The number of carboxylic acid groups (broad SMARTS) is 1. The van der Waals surface area contributed by atoms with Crippen molar-refractivity contribution in [2.45, 2.75) is 130 Å². The molecule has 0 spiro atoms. The monoisotopic (exact) mass is 574 g/mol. The van der Waals surface area contributed by atoms with Crippen LogP contribution in [0, 0.1) is 17.3 Å². The lowest BCUT2D eigenvalue weighted by Crippen LogP contribution is -2.49. The molecule has 230 valence electrons. The summed E-state index contributed by atoms with van der Waals surface area (Å²) in [7, 11) is 0. The first-order chi connectivity index (χ1) is 19.5. The van der Waals surface area contributed by atoms with Gasteiger partial charge in [0.05, 0.1) is 6.04 Å². The highest BCUT2D eigenvalue weighted by Crippen LogP contribution is 2.49. The van der Waals surface area contributed by atoms with Gasteiger partial charge in [0.15, 0.2) is 0 Å². The van der Waals surface area contributed by atoms with Crippen molar-refractivity contribution in [3.05, 3.63) is 70.8 Å². The predicted octanol–water partition coefficient (Wildman–Crippen LogP) is 8.02. The quantitative estimate of drug-likeness (QED) is 0.367. The van der Waals surface area contributed by atoms with Gasteiger partial charge in [0.1, 0.15) is 6.04 Å². The third-order valence-corrected chi connectivity index (χ3v) is 9.54. The molecule has 4 rings (SSSR count). The summed E-state index contributed by atoms with van der Waals surface area (Å²) in [5.74, 6) is -1.28. The molecule has 0 radical (unpaired) electrons. The summed E-state index contributed by atoms with van der Waals surface area (Å²) in [5.41, 5.74) is 4.43. The molecule has 1 saturated heterocycles. The zero-order chi connectivity index (χ0) is 31.0. The summed E-state index contributed by atoms with van der Waals surface area (Å²) >= 11 is 0. The molecule has 5 nitrogen and oxygen atoms in total. The van der Waals surface area contributed by atoms with Crippen LogP contribution in [0.3, 0.4) is 0 Å². The maximum Gasteiger partial charge on any atom is 0.326 e. The number of carbonyl (C=O) groups excluding carboxylic acids is 1. The number of hydrogen-bond acceptors (Lipinski definition) is 3. The molecule has 1 heterocycles. The van der Waals surface area contributed by atoms with Crippen molar-refractivity contribution in [1.29, 1.82) is 0 Å². The Hall–Kier alpha value is -2.66. The van der Waals surface area contributed by atoms with Crippen LogP contribution >= 0.6 is 0 Å². The van der Waals surface area contributed by atoms with Crippen molar-refractivity contribution in [3.8, 4) is 0 Å². The number of rotatable bonds is 6. The standard InChI is InChI=1S/C37H54N2O3/c1-35(2,3)27-20-24(21-28(22-27)36(4,5)6)23-38-30-29(37(7,8)9)32(34(41)42)39(31(30)25-16-12-10-13-17-25)33(40)26-18-14-11-15-19-26/h10,12-13,16-17,20-22,26,29-32,38H,11,14-15,18-19,23H2,1-9H3,(H,41,42)/t29-,30-,31-,32-/m0/s1. The number of amides is 1. The minimum atomic E-state index is -0.908. The van der Waals surface area contributed by atoms with Crippen LogP contribution in [0.5, 0.6) is 0 Å². The number of nitrogens with one attached hydrogen (secondary N) is 1. The van der Waals surface area contributed by atoms with E-state index in [9.17, 15) is 14.7 Å². The summed E-state index contributed by atoms with van der Waals surface area (Å²) in [6.07, 6.45) is 4.89. The Morgan fingerprint density at radius 3 is 1.86 bits per heavy atom. The molecule has 5 heteroatoms. The molecule has 1 amide bonds. The Morgan fingerprint density at radius 2 is 1.38 bits per heavy atom. The van der Waals surface area contributed by atoms with E-state index in [1.54, 1.807) is 4.90 Å². The van der Waals surface area contributed by atoms with Gasteiger partial charge in [0.2, 0.25) is 5.91 Å². The minimum absolute atomic E-state index is 0.00149. The second kappa shape index (κ2) is 12.1. The van der Waals surface area contributed by atoms with E-state index < -0.39 is 12.0 Å². The zero-order valence-corrected chi connectivity index (χ0v) is 27.5. The number of nitrogens with zero attached hydrogens (tertiary/aromatic N) is 1. The summed E-state index contributed by atoms with van der Waals surface area (Å²) in [6, 6.07) is 15.5. The van der Waals surface area contributed by atoms with E-state index in [0.717, 1.165) is 37.7 Å². The molecular formula is C37H54N2O3. The molecule has 2 N–H and O–H groups in total. The molecule has 2 fully saturated rings. The summed E-state index contributed by atoms with van der Waals surface area (Å²) in [6.45, 7) is 20.4. The Labute approximate surface area is 254 Å². The van der Waals surface area contributed by atoms with Crippen molar-refractivity contribution in [3.63, 3.8) is 0 Å². The van der Waals surface area contributed by atoms with Crippen LogP contribution in [-0.2, 0) is 27.0 Å². The number of aliphatic carboxylic acids is 1. The Bertz CT molecular complexity index is 1210. The molecule has 1 aliphatic heterocycles. The van der Waals surface area contributed by atoms with E-state index >= 15 is 0 Å². The second-order valence-electron chi connectivity index (χ2n) is 15.9. The number of benzene rings is 2. The average molecular weight is 575 g/mol. The first-order valence-corrected chi connectivity index (χ1v) is 16.0. The Morgan fingerprint density at radius 1 is 0.833 bits per heavy atom. The molecule has 1 saturated carbocycles. The lowest BCUT2D eigenvalue weighted by Gasteiger charge is -2.36. The van der Waals surface area contributed by atoms with Crippen molar-refractivity contribution >= 4 is 11.9 Å². The zero-order valence-electron chi connectivity index (χ0n) is 27.5. The van der Waals surface area contributed by atoms with Crippen LogP contribution in [-0.4, -0.2) is 34.0 Å². The topological polar surface area (TPSA) is 69.6 Å². The Balaban J connectivity index is 1.81. The van der Waals surface area contributed by atoms with Gasteiger partial charge in [0, 0.05) is 24.4 Å². The predicted molar refractivity (Wildman–Crippen MR) is 171 cm³/mol. The number of carbonyl (C=O) groups is 2. The van der Waals surface area contributed by atoms with E-state index in [-0.39, 0.29) is 46.1 Å². The van der Waals surface area contributed by atoms with E-state index in [4.69, 9.17) is 0 Å². The van der Waals surface area contributed by atoms with Crippen LogP contribution < -0.4 is 5.32 Å². The van der Waals surface area contributed by atoms with Crippen molar-refractivity contribution in [2.24, 2.45) is 17.3 Å². The number of likely N-dealkylation sites (tertiary alicyclic amines) is 1. The third kappa shape index (κ3) is 6.93. The fourth-order valence-corrected chi connectivity index (χ4v) is 7.18. The van der Waals surface area contributed by atoms with Crippen molar-refractivity contribution in [1.82, 2.24) is 10.2 Å². The molecule has 2 aliphatic rings. The molecule has 1 aliphatic carbocycles. The van der Waals surface area contributed by atoms with Gasteiger partial charge in [-0.05, 0) is 51.3 Å². The molecular weight excluding hydrogens is 520 g/mol. The average Bonchev–Trinajstić information content (AvgIpc) is 3.27. The maximum atomic E-state index is 14.3. The van der Waals surface area contributed by atoms with Gasteiger partial charge in [-0.25, -0.2) is 4.79 Å². The first kappa shape index (κ1) is 32.3. The third-order valence-electron chi connectivity index (χ3n) is 9.54. The lowest BCUT2D eigenvalue weighted by atomic mass is 9.72. The van der Waals surface area contributed by atoms with Gasteiger partial charge in [-0.15, -0.1) is 0 Å².